The summed E-state index contributed by atoms with van der Waals surface area (Å²) in [7, 11) is 3.21. The van der Waals surface area contributed by atoms with Crippen LogP contribution in [-0.2, 0) is 11.2 Å². The summed E-state index contributed by atoms with van der Waals surface area (Å²) in [6.07, 6.45) is 2.39. The van der Waals surface area contributed by atoms with Crippen molar-refractivity contribution in [3.8, 4) is 11.5 Å². The number of hydrogen-bond donors (Lipinski definition) is 0. The first-order valence-corrected chi connectivity index (χ1v) is 6.13. The first-order valence-electron chi connectivity index (χ1n) is 4.91. The number of benzene rings is 1. The summed E-state index contributed by atoms with van der Waals surface area (Å²) in [4.78, 5) is 12.1. The largest absolute Gasteiger partial charge is 0.493 e. The molecular formula is C12H16O3S. The lowest BCUT2D eigenvalue weighted by atomic mass is 10.1. The lowest BCUT2D eigenvalue weighted by Crippen LogP contribution is -2.01. The molecule has 88 valence electrons. The fourth-order valence-corrected chi connectivity index (χ4v) is 2.34. The van der Waals surface area contributed by atoms with Gasteiger partial charge in [0.1, 0.15) is 5.78 Å². The number of ether oxygens (including phenoxy) is 2. The highest BCUT2D eigenvalue weighted by Gasteiger charge is 2.14. The van der Waals surface area contributed by atoms with Gasteiger partial charge in [0.05, 0.1) is 19.1 Å². The van der Waals surface area contributed by atoms with E-state index in [1.54, 1.807) is 32.9 Å². The smallest absolute Gasteiger partial charge is 0.174 e. The van der Waals surface area contributed by atoms with Crippen LogP contribution in [0.5, 0.6) is 11.5 Å². The van der Waals surface area contributed by atoms with E-state index in [-0.39, 0.29) is 5.78 Å². The molecule has 0 saturated carbocycles. The van der Waals surface area contributed by atoms with Crippen LogP contribution >= 0.6 is 11.8 Å². The van der Waals surface area contributed by atoms with Gasteiger partial charge in [0, 0.05) is 6.42 Å². The zero-order chi connectivity index (χ0) is 12.1. The Morgan fingerprint density at radius 3 is 2.44 bits per heavy atom. The molecule has 0 aromatic heterocycles. The molecule has 0 amide bonds. The average Bonchev–Trinajstić information content (AvgIpc) is 2.27. The predicted molar refractivity (Wildman–Crippen MR) is 65.7 cm³/mol. The van der Waals surface area contributed by atoms with Crippen LogP contribution in [0.3, 0.4) is 0 Å². The zero-order valence-electron chi connectivity index (χ0n) is 9.99. The van der Waals surface area contributed by atoms with Crippen LogP contribution in [0, 0.1) is 0 Å². The molecule has 0 unspecified atom stereocenters. The molecule has 3 nitrogen and oxygen atoms in total. The molecular weight excluding hydrogens is 224 g/mol. The topological polar surface area (TPSA) is 35.5 Å². The van der Waals surface area contributed by atoms with E-state index in [1.807, 2.05) is 18.4 Å². The van der Waals surface area contributed by atoms with Gasteiger partial charge in [-0.05, 0) is 24.8 Å². The summed E-state index contributed by atoms with van der Waals surface area (Å²) < 4.78 is 10.5. The fraction of sp³-hybridized carbons (Fsp3) is 0.417. The van der Waals surface area contributed by atoms with E-state index in [0.717, 1.165) is 10.5 Å². The SMILES string of the molecule is COc1ccc(CC(C)=O)c(SC)c1OC. The second-order valence-electron chi connectivity index (χ2n) is 3.37. The molecule has 1 aromatic carbocycles. The van der Waals surface area contributed by atoms with Gasteiger partial charge in [-0.15, -0.1) is 11.8 Å². The molecule has 4 heteroatoms. The molecule has 0 fully saturated rings. The zero-order valence-corrected chi connectivity index (χ0v) is 10.8. The molecule has 0 saturated heterocycles. The van der Waals surface area contributed by atoms with Crippen molar-refractivity contribution in [2.75, 3.05) is 20.5 Å². The molecule has 0 N–H and O–H groups in total. The van der Waals surface area contributed by atoms with Gasteiger partial charge in [0.15, 0.2) is 11.5 Å². The molecule has 1 rings (SSSR count). The lowest BCUT2D eigenvalue weighted by molar-refractivity contribution is -0.116. The van der Waals surface area contributed by atoms with Gasteiger partial charge >= 0.3 is 0 Å². The first-order chi connectivity index (χ1) is 7.63. The number of methoxy groups -OCH3 is 2. The second-order valence-corrected chi connectivity index (χ2v) is 4.19. The molecule has 0 atom stereocenters. The number of ketones is 1. The number of Topliss-reactive ketones (excluding diaryl/α,β-unsaturated/α-hetero) is 1. The molecule has 1 aromatic rings. The van der Waals surface area contributed by atoms with Crippen molar-refractivity contribution >= 4 is 17.5 Å². The van der Waals surface area contributed by atoms with E-state index in [0.29, 0.717) is 17.9 Å². The lowest BCUT2D eigenvalue weighted by Gasteiger charge is -2.14. The second kappa shape index (κ2) is 5.80. The van der Waals surface area contributed by atoms with E-state index in [1.165, 1.54) is 0 Å². The van der Waals surface area contributed by atoms with E-state index in [2.05, 4.69) is 0 Å². The summed E-state index contributed by atoms with van der Waals surface area (Å²) in [5.41, 5.74) is 0.984. The summed E-state index contributed by atoms with van der Waals surface area (Å²) in [5, 5.41) is 0. The van der Waals surface area contributed by atoms with Gasteiger partial charge in [-0.1, -0.05) is 6.07 Å². The minimum absolute atomic E-state index is 0.141. The van der Waals surface area contributed by atoms with E-state index in [9.17, 15) is 4.79 Å². The van der Waals surface area contributed by atoms with Crippen molar-refractivity contribution < 1.29 is 14.3 Å². The maximum atomic E-state index is 11.2. The van der Waals surface area contributed by atoms with Crippen LogP contribution in [-0.4, -0.2) is 26.3 Å². The standard InChI is InChI=1S/C12H16O3S/c1-8(13)7-9-5-6-10(14-2)11(15-3)12(9)16-4/h5-6H,7H2,1-4H3. The summed E-state index contributed by atoms with van der Waals surface area (Å²) in [6.45, 7) is 1.58. The Hall–Kier alpha value is -1.16. The number of carbonyl (C=O) groups excluding carboxylic acids is 1. The Morgan fingerprint density at radius 1 is 1.31 bits per heavy atom. The third-order valence-corrected chi connectivity index (χ3v) is 3.08. The Bertz CT molecular complexity index is 388. The third kappa shape index (κ3) is 2.70. The monoisotopic (exact) mass is 240 g/mol. The van der Waals surface area contributed by atoms with Gasteiger partial charge in [-0.25, -0.2) is 0 Å². The quantitative estimate of drug-likeness (QED) is 0.741. The Labute approximate surface area is 100 Å². The normalized spacial score (nSPS) is 10.0. The number of thioether (sulfide) groups is 1. The van der Waals surface area contributed by atoms with Crippen LogP contribution < -0.4 is 9.47 Å². The molecule has 0 heterocycles. The number of hydrogen-bond acceptors (Lipinski definition) is 4. The maximum absolute atomic E-state index is 11.2. The molecule has 0 spiro atoms. The van der Waals surface area contributed by atoms with E-state index < -0.39 is 0 Å². The molecule has 0 aliphatic carbocycles. The molecule has 0 bridgehead atoms. The van der Waals surface area contributed by atoms with Gasteiger partial charge in [-0.3, -0.25) is 4.79 Å². The Morgan fingerprint density at radius 2 is 2.00 bits per heavy atom. The highest BCUT2D eigenvalue weighted by Crippen LogP contribution is 2.39. The van der Waals surface area contributed by atoms with Crippen molar-refractivity contribution in [3.63, 3.8) is 0 Å². The molecule has 16 heavy (non-hydrogen) atoms. The summed E-state index contributed by atoms with van der Waals surface area (Å²) in [6, 6.07) is 3.74. The summed E-state index contributed by atoms with van der Waals surface area (Å²) in [5.74, 6) is 1.54. The highest BCUT2D eigenvalue weighted by atomic mass is 32.2. The third-order valence-electron chi connectivity index (χ3n) is 2.23. The minimum atomic E-state index is 0.141. The van der Waals surface area contributed by atoms with Gasteiger partial charge in [0.2, 0.25) is 0 Å². The van der Waals surface area contributed by atoms with Gasteiger partial charge in [-0.2, -0.15) is 0 Å². The van der Waals surface area contributed by atoms with E-state index in [4.69, 9.17) is 9.47 Å². The first kappa shape index (κ1) is 12.9. The average molecular weight is 240 g/mol. The van der Waals surface area contributed by atoms with Gasteiger partial charge < -0.3 is 9.47 Å². The minimum Gasteiger partial charge on any atom is -0.493 e. The van der Waals surface area contributed by atoms with Crippen LogP contribution in [0.4, 0.5) is 0 Å². The number of carbonyl (C=O) groups is 1. The predicted octanol–water partition coefficient (Wildman–Crippen LogP) is 2.56. The maximum Gasteiger partial charge on any atom is 0.174 e. The van der Waals surface area contributed by atoms with E-state index >= 15 is 0 Å². The van der Waals surface area contributed by atoms with Crippen molar-refractivity contribution in [3.05, 3.63) is 17.7 Å². The van der Waals surface area contributed by atoms with Crippen molar-refractivity contribution in [1.29, 1.82) is 0 Å². The van der Waals surface area contributed by atoms with Crippen molar-refractivity contribution in [2.45, 2.75) is 18.2 Å². The van der Waals surface area contributed by atoms with Crippen molar-refractivity contribution in [2.24, 2.45) is 0 Å². The molecule has 0 aliphatic rings. The van der Waals surface area contributed by atoms with Crippen LogP contribution in [0.25, 0.3) is 0 Å². The van der Waals surface area contributed by atoms with Gasteiger partial charge in [0.25, 0.3) is 0 Å². The Kier molecular flexibility index (Phi) is 4.68. The van der Waals surface area contributed by atoms with Crippen LogP contribution in [0.15, 0.2) is 17.0 Å². The summed E-state index contributed by atoms with van der Waals surface area (Å²) >= 11 is 1.56. The molecule has 0 aliphatic heterocycles. The highest BCUT2D eigenvalue weighted by molar-refractivity contribution is 7.98. The van der Waals surface area contributed by atoms with Crippen LogP contribution in [0.2, 0.25) is 0 Å². The fourth-order valence-electron chi connectivity index (χ4n) is 1.57. The Balaban J connectivity index is 3.25. The van der Waals surface area contributed by atoms with Crippen molar-refractivity contribution in [1.82, 2.24) is 0 Å². The number of rotatable bonds is 5. The van der Waals surface area contributed by atoms with Crippen LogP contribution in [0.1, 0.15) is 12.5 Å². The molecule has 0 radical (unpaired) electrons.